The second-order valence-corrected chi connectivity index (χ2v) is 6.09. The number of aliphatic hydroxyl groups excluding tert-OH is 1. The van der Waals surface area contributed by atoms with E-state index >= 15 is 0 Å². The van der Waals surface area contributed by atoms with Crippen LogP contribution in [0.25, 0.3) is 0 Å². The number of carbonyl (C=O) groups excluding carboxylic acids is 1. The zero-order valence-corrected chi connectivity index (χ0v) is 12.8. The molecule has 0 bridgehead atoms. The summed E-state index contributed by atoms with van der Waals surface area (Å²) < 4.78 is 16.5. The number of hydrogen-bond acceptors (Lipinski definition) is 6. The largest absolute Gasteiger partial charge is 0.497 e. The van der Waals surface area contributed by atoms with Crippen molar-refractivity contribution in [1.82, 2.24) is 10.4 Å². The van der Waals surface area contributed by atoms with E-state index in [1.54, 1.807) is 0 Å². The van der Waals surface area contributed by atoms with Gasteiger partial charge in [-0.05, 0) is 17.7 Å². The number of nitrogens with zero attached hydrogens (tertiary/aromatic N) is 1. The molecule has 0 fully saturated rings. The van der Waals surface area contributed by atoms with Crippen molar-refractivity contribution in [2.45, 2.75) is 12.2 Å². The average Bonchev–Trinajstić information content (AvgIpc) is 2.46. The summed E-state index contributed by atoms with van der Waals surface area (Å²) in [6, 6.07) is 6.00. The molecule has 1 amide bonds. The van der Waals surface area contributed by atoms with Crippen LogP contribution in [0.4, 0.5) is 0 Å². The summed E-state index contributed by atoms with van der Waals surface area (Å²) in [5.41, 5.74) is 0.275. The van der Waals surface area contributed by atoms with Crippen LogP contribution in [0.2, 0.25) is 0 Å². The van der Waals surface area contributed by atoms with Gasteiger partial charge in [0.25, 0.3) is 0 Å². The minimum Gasteiger partial charge on any atom is -0.497 e. The number of ether oxygens (including phenoxy) is 1. The molecule has 0 saturated carbocycles. The van der Waals surface area contributed by atoms with Crippen molar-refractivity contribution >= 4 is 13.5 Å². The minimum atomic E-state index is -4.57. The molecule has 0 aliphatic carbocycles. The van der Waals surface area contributed by atoms with Gasteiger partial charge in [0, 0.05) is 0 Å². The van der Waals surface area contributed by atoms with E-state index in [2.05, 4.69) is 5.32 Å². The van der Waals surface area contributed by atoms with Gasteiger partial charge in [-0.25, -0.2) is 5.06 Å². The smallest absolute Gasteiger partial charge is 0.346 e. The summed E-state index contributed by atoms with van der Waals surface area (Å²) in [5.74, 6) is -1.64. The summed E-state index contributed by atoms with van der Waals surface area (Å²) in [4.78, 5) is 30.1. The Morgan fingerprint density at radius 1 is 1.36 bits per heavy atom. The molecule has 0 aliphatic heterocycles. The molecule has 124 valence electrons. The van der Waals surface area contributed by atoms with E-state index in [1.165, 1.54) is 31.4 Å². The summed E-state index contributed by atoms with van der Waals surface area (Å²) >= 11 is 0. The Kier molecular flexibility index (Phi) is 6.95. The topological polar surface area (TPSA) is 140 Å². The highest BCUT2D eigenvalue weighted by atomic mass is 31.2. The summed E-state index contributed by atoms with van der Waals surface area (Å²) in [5, 5.41) is 20.7. The lowest BCUT2D eigenvalue weighted by Gasteiger charge is -2.23. The molecule has 5 N–H and O–H groups in total. The highest BCUT2D eigenvalue weighted by Gasteiger charge is 2.30. The molecule has 9 nitrogen and oxygen atoms in total. The monoisotopic (exact) mass is 334 g/mol. The number of rotatable bonds is 8. The summed E-state index contributed by atoms with van der Waals surface area (Å²) in [6.07, 6.45) is -0.290. The molecule has 22 heavy (non-hydrogen) atoms. The number of benzene rings is 1. The maximum absolute atomic E-state index is 11.6. The van der Waals surface area contributed by atoms with Crippen LogP contribution in [0.5, 0.6) is 5.75 Å². The highest BCUT2D eigenvalue weighted by Crippen LogP contribution is 2.49. The van der Waals surface area contributed by atoms with Gasteiger partial charge in [-0.2, -0.15) is 0 Å². The summed E-state index contributed by atoms with van der Waals surface area (Å²) in [7, 11) is -3.11. The lowest BCUT2D eigenvalue weighted by atomic mass is 10.2. The number of hydroxylamine groups is 2. The molecule has 1 unspecified atom stereocenters. The van der Waals surface area contributed by atoms with E-state index in [1.807, 2.05) is 0 Å². The first kappa shape index (κ1) is 18.6. The van der Waals surface area contributed by atoms with Gasteiger partial charge in [0.1, 0.15) is 11.5 Å². The predicted octanol–water partition coefficient (Wildman–Crippen LogP) is 0.0188. The fourth-order valence-electron chi connectivity index (χ4n) is 1.70. The van der Waals surface area contributed by atoms with Gasteiger partial charge in [-0.1, -0.05) is 12.1 Å². The molecular formula is C12H19N2O7P. The van der Waals surface area contributed by atoms with Crippen molar-refractivity contribution < 1.29 is 34.2 Å². The van der Waals surface area contributed by atoms with Crippen LogP contribution in [0, 0.1) is 0 Å². The molecule has 1 aromatic carbocycles. The first-order chi connectivity index (χ1) is 10.3. The number of amides is 1. The zero-order valence-electron chi connectivity index (χ0n) is 11.9. The Bertz CT molecular complexity index is 531. The van der Waals surface area contributed by atoms with Crippen molar-refractivity contribution in [1.29, 1.82) is 0 Å². The molecule has 1 aromatic rings. The standard InChI is InChI=1S/C12H19N2O7P/c1-21-10-4-2-9(3-5-10)12(22(18,19)20)13-8-14(17)11(16)6-7-15/h2-5,12-13,15,17H,6-8H2,1H3,(H2,18,19,20). The van der Waals surface area contributed by atoms with Gasteiger partial charge in [-0.3, -0.25) is 19.9 Å². The zero-order chi connectivity index (χ0) is 16.8. The summed E-state index contributed by atoms with van der Waals surface area (Å²) in [6.45, 7) is -0.934. The van der Waals surface area contributed by atoms with Crippen molar-refractivity contribution in [2.75, 3.05) is 20.4 Å². The number of aliphatic hydroxyl groups is 1. The average molecular weight is 334 g/mol. The van der Waals surface area contributed by atoms with Crippen LogP contribution >= 0.6 is 7.60 Å². The first-order valence-electron chi connectivity index (χ1n) is 6.32. The van der Waals surface area contributed by atoms with Gasteiger partial charge >= 0.3 is 7.60 Å². The second kappa shape index (κ2) is 8.23. The molecular weight excluding hydrogens is 315 g/mol. The maximum Gasteiger partial charge on any atom is 0.346 e. The predicted molar refractivity (Wildman–Crippen MR) is 76.1 cm³/mol. The fourth-order valence-corrected chi connectivity index (χ4v) is 2.58. The molecule has 10 heteroatoms. The highest BCUT2D eigenvalue weighted by molar-refractivity contribution is 7.52. The molecule has 1 atom stereocenters. The Balaban J connectivity index is 2.81. The van der Waals surface area contributed by atoms with Gasteiger partial charge in [0.2, 0.25) is 5.91 Å². The number of nitrogens with one attached hydrogen (secondary N) is 1. The Hall–Kier alpha value is -1.48. The van der Waals surface area contributed by atoms with E-state index < -0.39 is 32.6 Å². The van der Waals surface area contributed by atoms with E-state index in [4.69, 9.17) is 9.84 Å². The van der Waals surface area contributed by atoms with Crippen LogP contribution in [0.1, 0.15) is 17.8 Å². The van der Waals surface area contributed by atoms with Gasteiger partial charge in [-0.15, -0.1) is 0 Å². The lowest BCUT2D eigenvalue weighted by Crippen LogP contribution is -2.38. The van der Waals surface area contributed by atoms with Crippen LogP contribution in [-0.4, -0.2) is 51.5 Å². The molecule has 0 saturated heterocycles. The van der Waals surface area contributed by atoms with E-state index in [0.717, 1.165) is 0 Å². The Morgan fingerprint density at radius 3 is 2.41 bits per heavy atom. The third-order valence-corrected chi connectivity index (χ3v) is 3.97. The molecule has 0 heterocycles. The quantitative estimate of drug-likeness (QED) is 0.194. The number of methoxy groups -OCH3 is 1. The fraction of sp³-hybridized carbons (Fsp3) is 0.417. The molecule has 0 aromatic heterocycles. The number of carbonyl (C=O) groups is 1. The van der Waals surface area contributed by atoms with E-state index in [0.29, 0.717) is 5.75 Å². The van der Waals surface area contributed by atoms with Gasteiger partial charge in [0.15, 0.2) is 0 Å². The van der Waals surface area contributed by atoms with Crippen molar-refractivity contribution in [3.05, 3.63) is 29.8 Å². The SMILES string of the molecule is COc1ccc(C(NCN(O)C(=O)CCO)P(=O)(O)O)cc1. The maximum atomic E-state index is 11.6. The van der Waals surface area contributed by atoms with Crippen LogP contribution in [-0.2, 0) is 9.36 Å². The van der Waals surface area contributed by atoms with Gasteiger partial charge < -0.3 is 19.6 Å². The Labute approximate surface area is 127 Å². The Morgan fingerprint density at radius 2 is 1.95 bits per heavy atom. The number of hydrogen-bond donors (Lipinski definition) is 5. The normalized spacial score (nSPS) is 12.8. The minimum absolute atomic E-state index is 0.252. The van der Waals surface area contributed by atoms with Crippen molar-refractivity contribution in [3.8, 4) is 5.75 Å². The molecule has 0 aliphatic rings. The molecule has 0 radical (unpaired) electrons. The van der Waals surface area contributed by atoms with Crippen molar-refractivity contribution in [2.24, 2.45) is 0 Å². The van der Waals surface area contributed by atoms with Crippen LogP contribution in [0.3, 0.4) is 0 Å². The van der Waals surface area contributed by atoms with E-state index in [-0.39, 0.29) is 17.0 Å². The second-order valence-electron chi connectivity index (χ2n) is 4.39. The van der Waals surface area contributed by atoms with Crippen molar-refractivity contribution in [3.63, 3.8) is 0 Å². The van der Waals surface area contributed by atoms with E-state index in [9.17, 15) is 24.4 Å². The lowest BCUT2D eigenvalue weighted by molar-refractivity contribution is -0.167. The molecule has 1 rings (SSSR count). The third kappa shape index (κ3) is 5.38. The molecule has 0 spiro atoms. The van der Waals surface area contributed by atoms with Crippen LogP contribution < -0.4 is 10.1 Å². The van der Waals surface area contributed by atoms with Gasteiger partial charge in [0.05, 0.1) is 26.8 Å². The van der Waals surface area contributed by atoms with Crippen LogP contribution in [0.15, 0.2) is 24.3 Å². The first-order valence-corrected chi connectivity index (χ1v) is 8.00. The third-order valence-electron chi connectivity index (χ3n) is 2.82.